The van der Waals surface area contributed by atoms with Crippen LogP contribution in [0, 0.1) is 0 Å². The molecule has 3 N–H and O–H groups in total. The van der Waals surface area contributed by atoms with Crippen molar-refractivity contribution in [3.05, 3.63) is 0 Å². The number of hydrogen-bond donors (Lipinski definition) is 2. The Morgan fingerprint density at radius 3 is 2.58 bits per heavy atom. The van der Waals surface area contributed by atoms with E-state index in [1.165, 1.54) is 45.1 Å². The molecule has 1 rings (SSSR count). The molecular weight excluding hydrogens is 148 g/mol. The van der Waals surface area contributed by atoms with Gasteiger partial charge in [-0.2, -0.15) is 0 Å². The van der Waals surface area contributed by atoms with Crippen LogP contribution in [0.15, 0.2) is 0 Å². The van der Waals surface area contributed by atoms with Gasteiger partial charge in [0.15, 0.2) is 0 Å². The van der Waals surface area contributed by atoms with Gasteiger partial charge < -0.3 is 11.1 Å². The lowest BCUT2D eigenvalue weighted by atomic mass is 10.2. The molecule has 0 heterocycles. The van der Waals surface area contributed by atoms with Crippen LogP contribution in [0.1, 0.15) is 45.4 Å². The van der Waals surface area contributed by atoms with E-state index in [1.807, 2.05) is 0 Å². The van der Waals surface area contributed by atoms with Gasteiger partial charge in [-0.3, -0.25) is 0 Å². The van der Waals surface area contributed by atoms with E-state index >= 15 is 0 Å². The van der Waals surface area contributed by atoms with Crippen LogP contribution < -0.4 is 11.1 Å². The number of nitrogens with one attached hydrogen (secondary N) is 1. The second kappa shape index (κ2) is 4.83. The van der Waals surface area contributed by atoms with Crippen LogP contribution in [0.2, 0.25) is 0 Å². The monoisotopic (exact) mass is 170 g/mol. The molecule has 0 aliphatic heterocycles. The number of nitrogens with two attached hydrogens (primary N) is 1. The Morgan fingerprint density at radius 2 is 2.00 bits per heavy atom. The maximum atomic E-state index is 5.95. The zero-order valence-corrected chi connectivity index (χ0v) is 8.23. The third-order valence-electron chi connectivity index (χ3n) is 2.65. The van der Waals surface area contributed by atoms with E-state index in [9.17, 15) is 0 Å². The van der Waals surface area contributed by atoms with Crippen LogP contribution in [0.5, 0.6) is 0 Å². The third-order valence-corrected chi connectivity index (χ3v) is 2.65. The summed E-state index contributed by atoms with van der Waals surface area (Å²) in [6.07, 6.45) is 7.61. The Morgan fingerprint density at radius 1 is 1.25 bits per heavy atom. The summed E-state index contributed by atoms with van der Waals surface area (Å²) in [5, 5.41) is 3.44. The maximum absolute atomic E-state index is 5.95. The van der Waals surface area contributed by atoms with Gasteiger partial charge in [0.05, 0.1) is 0 Å². The minimum Gasteiger partial charge on any atom is -0.325 e. The summed E-state index contributed by atoms with van der Waals surface area (Å²) in [6, 6.07) is 0. The Labute approximate surface area is 75.9 Å². The summed E-state index contributed by atoms with van der Waals surface area (Å²) >= 11 is 0. The Hall–Kier alpha value is -0.0800. The van der Waals surface area contributed by atoms with Gasteiger partial charge in [0.2, 0.25) is 0 Å². The molecule has 0 atom stereocenters. The molecule has 0 bridgehead atoms. The first-order valence-corrected chi connectivity index (χ1v) is 5.26. The van der Waals surface area contributed by atoms with E-state index in [4.69, 9.17) is 5.73 Å². The van der Waals surface area contributed by atoms with Crippen molar-refractivity contribution in [2.24, 2.45) is 5.73 Å². The normalized spacial score (nSPS) is 19.5. The second-order valence-corrected chi connectivity index (χ2v) is 4.07. The quantitative estimate of drug-likeness (QED) is 0.570. The molecule has 0 aromatic rings. The Balaban J connectivity index is 1.77. The SMILES string of the molecule is CCCCCNCCC1(N)CC1. The smallest absolute Gasteiger partial charge is 0.0167 e. The molecule has 0 spiro atoms. The zero-order valence-electron chi connectivity index (χ0n) is 8.23. The first-order valence-electron chi connectivity index (χ1n) is 5.26. The first-order chi connectivity index (χ1) is 5.77. The topological polar surface area (TPSA) is 38.0 Å². The number of unbranched alkanes of at least 4 members (excludes halogenated alkanes) is 2. The molecule has 2 nitrogen and oxygen atoms in total. The van der Waals surface area contributed by atoms with Crippen molar-refractivity contribution < 1.29 is 0 Å². The highest BCUT2D eigenvalue weighted by atomic mass is 14.9. The van der Waals surface area contributed by atoms with Gasteiger partial charge in [-0.05, 0) is 38.8 Å². The van der Waals surface area contributed by atoms with Gasteiger partial charge in [0.25, 0.3) is 0 Å². The summed E-state index contributed by atoms with van der Waals surface area (Å²) in [4.78, 5) is 0. The molecule has 0 aromatic carbocycles. The van der Waals surface area contributed by atoms with Gasteiger partial charge in [0, 0.05) is 5.54 Å². The van der Waals surface area contributed by atoms with Crippen molar-refractivity contribution in [1.82, 2.24) is 5.32 Å². The molecule has 0 radical (unpaired) electrons. The number of rotatable bonds is 7. The van der Waals surface area contributed by atoms with Crippen molar-refractivity contribution in [1.29, 1.82) is 0 Å². The Kier molecular flexibility index (Phi) is 4.02. The van der Waals surface area contributed by atoms with Crippen molar-refractivity contribution in [3.63, 3.8) is 0 Å². The maximum Gasteiger partial charge on any atom is 0.0167 e. The predicted molar refractivity (Wildman–Crippen MR) is 53.2 cm³/mol. The summed E-state index contributed by atoms with van der Waals surface area (Å²) < 4.78 is 0. The fourth-order valence-electron chi connectivity index (χ4n) is 1.37. The highest BCUT2D eigenvalue weighted by Gasteiger charge is 2.36. The molecule has 0 saturated heterocycles. The molecule has 1 saturated carbocycles. The molecule has 1 aliphatic rings. The first kappa shape index (κ1) is 10.0. The summed E-state index contributed by atoms with van der Waals surface area (Å²) in [7, 11) is 0. The van der Waals surface area contributed by atoms with Crippen LogP contribution in [0.25, 0.3) is 0 Å². The zero-order chi connectivity index (χ0) is 8.86. The van der Waals surface area contributed by atoms with Crippen LogP contribution in [-0.2, 0) is 0 Å². The van der Waals surface area contributed by atoms with Crippen molar-refractivity contribution in [2.75, 3.05) is 13.1 Å². The predicted octanol–water partition coefficient (Wildman–Crippen LogP) is 1.65. The van der Waals surface area contributed by atoms with Gasteiger partial charge in [-0.25, -0.2) is 0 Å². The van der Waals surface area contributed by atoms with Crippen LogP contribution in [0.4, 0.5) is 0 Å². The largest absolute Gasteiger partial charge is 0.325 e. The van der Waals surface area contributed by atoms with E-state index < -0.39 is 0 Å². The third kappa shape index (κ3) is 4.07. The molecule has 1 fully saturated rings. The van der Waals surface area contributed by atoms with Crippen LogP contribution in [-0.4, -0.2) is 18.6 Å². The van der Waals surface area contributed by atoms with E-state index in [2.05, 4.69) is 12.2 Å². The molecule has 0 unspecified atom stereocenters. The van der Waals surface area contributed by atoms with E-state index in [-0.39, 0.29) is 5.54 Å². The summed E-state index contributed by atoms with van der Waals surface area (Å²) in [5.74, 6) is 0. The lowest BCUT2D eigenvalue weighted by molar-refractivity contribution is 0.539. The van der Waals surface area contributed by atoms with Crippen molar-refractivity contribution in [2.45, 2.75) is 51.0 Å². The molecule has 2 heteroatoms. The highest BCUT2D eigenvalue weighted by Crippen LogP contribution is 2.34. The van der Waals surface area contributed by atoms with Crippen LogP contribution >= 0.6 is 0 Å². The average molecular weight is 170 g/mol. The Bertz CT molecular complexity index is 119. The molecule has 1 aliphatic carbocycles. The molecule has 12 heavy (non-hydrogen) atoms. The van der Waals surface area contributed by atoms with Crippen molar-refractivity contribution >= 4 is 0 Å². The minimum atomic E-state index is 0.234. The molecule has 72 valence electrons. The van der Waals surface area contributed by atoms with Crippen molar-refractivity contribution in [3.8, 4) is 0 Å². The van der Waals surface area contributed by atoms with Crippen LogP contribution in [0.3, 0.4) is 0 Å². The summed E-state index contributed by atoms with van der Waals surface area (Å²) in [6.45, 7) is 4.52. The molecule has 0 amide bonds. The fraction of sp³-hybridized carbons (Fsp3) is 1.00. The highest BCUT2D eigenvalue weighted by molar-refractivity contribution is 4.98. The second-order valence-electron chi connectivity index (χ2n) is 4.07. The van der Waals surface area contributed by atoms with E-state index in [1.54, 1.807) is 0 Å². The average Bonchev–Trinajstić information content (AvgIpc) is 2.77. The molecular formula is C10H22N2. The van der Waals surface area contributed by atoms with Gasteiger partial charge in [0.1, 0.15) is 0 Å². The fourth-order valence-corrected chi connectivity index (χ4v) is 1.37. The van der Waals surface area contributed by atoms with Gasteiger partial charge in [-0.1, -0.05) is 19.8 Å². The summed E-state index contributed by atoms with van der Waals surface area (Å²) in [5.41, 5.74) is 6.18. The van der Waals surface area contributed by atoms with Gasteiger partial charge in [-0.15, -0.1) is 0 Å². The minimum absolute atomic E-state index is 0.234. The van der Waals surface area contributed by atoms with E-state index in [0.29, 0.717) is 0 Å². The lowest BCUT2D eigenvalue weighted by Gasteiger charge is -2.08. The van der Waals surface area contributed by atoms with E-state index in [0.717, 1.165) is 6.54 Å². The van der Waals surface area contributed by atoms with Gasteiger partial charge >= 0.3 is 0 Å². The lowest BCUT2D eigenvalue weighted by Crippen LogP contribution is -2.28. The molecule has 0 aromatic heterocycles. The standard InChI is InChI=1S/C10H22N2/c1-2-3-4-8-12-9-7-10(11)5-6-10/h12H,2-9,11H2,1H3. The number of hydrogen-bond acceptors (Lipinski definition) is 2.